The third kappa shape index (κ3) is 4.75. The van der Waals surface area contributed by atoms with Gasteiger partial charge >= 0.3 is 5.97 Å². The molecule has 10 nitrogen and oxygen atoms in total. The quantitative estimate of drug-likeness (QED) is 0.199. The van der Waals surface area contributed by atoms with E-state index in [1.807, 2.05) is 6.08 Å². The molecule has 0 spiro atoms. The minimum atomic E-state index is -0.881. The van der Waals surface area contributed by atoms with Crippen LogP contribution in [-0.2, 0) is 24.0 Å². The van der Waals surface area contributed by atoms with Gasteiger partial charge in [-0.25, -0.2) is 0 Å². The van der Waals surface area contributed by atoms with Crippen LogP contribution in [-0.4, -0.2) is 65.2 Å². The van der Waals surface area contributed by atoms with E-state index in [1.54, 1.807) is 19.1 Å². The molecule has 0 bridgehead atoms. The number of carboxylic acid groups (broad SMARTS) is 1. The van der Waals surface area contributed by atoms with Crippen LogP contribution in [0.15, 0.2) is 46.6 Å². The minimum absolute atomic E-state index is 0.0365. The van der Waals surface area contributed by atoms with E-state index in [1.165, 1.54) is 25.2 Å². The van der Waals surface area contributed by atoms with Crippen LogP contribution < -0.4 is 9.47 Å². The van der Waals surface area contributed by atoms with Crippen molar-refractivity contribution in [2.45, 2.75) is 51.4 Å². The lowest BCUT2D eigenvalue weighted by atomic mass is 9.59. The summed E-state index contributed by atoms with van der Waals surface area (Å²) in [6.07, 6.45) is 5.34. The van der Waals surface area contributed by atoms with E-state index in [-0.39, 0.29) is 60.0 Å². The number of carbonyl (C=O) groups is 5. The number of nitrogens with zero attached hydrogens (tertiary/aromatic N) is 1. The lowest BCUT2D eigenvalue weighted by molar-refractivity contribution is -0.141. The fourth-order valence-electron chi connectivity index (χ4n) is 6.83. The second-order valence-electron chi connectivity index (χ2n) is 11.0. The zero-order chi connectivity index (χ0) is 29.6. The monoisotopic (exact) mass is 563 g/mol. The summed E-state index contributed by atoms with van der Waals surface area (Å²) in [5.41, 5.74) is 2.37. The molecule has 2 N–H and O–H groups in total. The van der Waals surface area contributed by atoms with Crippen molar-refractivity contribution in [1.29, 1.82) is 0 Å². The molecule has 0 radical (unpaired) electrons. The van der Waals surface area contributed by atoms with Crippen molar-refractivity contribution >= 4 is 29.4 Å². The van der Waals surface area contributed by atoms with E-state index in [9.17, 15) is 29.1 Å². The van der Waals surface area contributed by atoms with Gasteiger partial charge in [0.2, 0.25) is 17.6 Å². The van der Waals surface area contributed by atoms with Crippen molar-refractivity contribution in [3.8, 4) is 17.2 Å². The van der Waals surface area contributed by atoms with Crippen LogP contribution in [0.4, 0.5) is 0 Å². The summed E-state index contributed by atoms with van der Waals surface area (Å²) in [5.74, 6) is -4.28. The molecule has 10 heteroatoms. The molecule has 3 aliphatic carbocycles. The number of carbonyl (C=O) groups excluding carboxylic acids is 4. The Morgan fingerprint density at radius 1 is 1.00 bits per heavy atom. The van der Waals surface area contributed by atoms with Crippen molar-refractivity contribution < 1.29 is 43.7 Å². The number of methoxy groups -OCH3 is 2. The SMILES string of the molecule is COc1cc(C2C3=CCC4C(=O)N(CCCCCC(=O)O)C(=O)C4C3CC3=C2C(=O)C(C)=CC3=O)cc(OC)c1O. The smallest absolute Gasteiger partial charge is 0.303 e. The summed E-state index contributed by atoms with van der Waals surface area (Å²) in [7, 11) is 2.80. The first kappa shape index (κ1) is 28.3. The average Bonchev–Trinajstić information content (AvgIpc) is 3.19. The Labute approximate surface area is 237 Å². The zero-order valence-electron chi connectivity index (χ0n) is 23.3. The van der Waals surface area contributed by atoms with Gasteiger partial charge in [0.25, 0.3) is 0 Å². The molecule has 5 rings (SSSR count). The van der Waals surface area contributed by atoms with Gasteiger partial charge in [0, 0.05) is 35.6 Å². The normalized spacial score (nSPS) is 25.4. The number of aromatic hydroxyl groups is 1. The van der Waals surface area contributed by atoms with Crippen molar-refractivity contribution in [2.75, 3.05) is 20.8 Å². The van der Waals surface area contributed by atoms with Crippen LogP contribution in [0.5, 0.6) is 17.2 Å². The predicted octanol–water partition coefficient (Wildman–Crippen LogP) is 3.48. The Morgan fingerprint density at radius 3 is 2.32 bits per heavy atom. The Bertz CT molecular complexity index is 1420. The van der Waals surface area contributed by atoms with E-state index >= 15 is 0 Å². The van der Waals surface area contributed by atoms with Crippen LogP contribution in [0.3, 0.4) is 0 Å². The van der Waals surface area contributed by atoms with Gasteiger partial charge in [0.15, 0.2) is 23.1 Å². The third-order valence-electron chi connectivity index (χ3n) is 8.76. The third-order valence-corrected chi connectivity index (χ3v) is 8.76. The second kappa shape index (κ2) is 11.0. The molecule has 4 unspecified atom stereocenters. The number of fused-ring (bicyclic) bond motifs is 3. The lowest BCUT2D eigenvalue weighted by Gasteiger charge is -2.42. The van der Waals surface area contributed by atoms with Crippen molar-refractivity contribution in [3.05, 3.63) is 52.1 Å². The summed E-state index contributed by atoms with van der Waals surface area (Å²) in [4.78, 5) is 66.1. The molecule has 0 aromatic heterocycles. The number of hydrogen-bond acceptors (Lipinski definition) is 8. The Kier molecular flexibility index (Phi) is 7.59. The Hall–Kier alpha value is -4.21. The molecular weight excluding hydrogens is 530 g/mol. The number of amides is 2. The molecule has 2 amide bonds. The number of ether oxygens (including phenoxy) is 2. The van der Waals surface area contributed by atoms with Crippen LogP contribution in [0.1, 0.15) is 56.9 Å². The molecule has 1 fully saturated rings. The minimum Gasteiger partial charge on any atom is -0.502 e. The van der Waals surface area contributed by atoms with Gasteiger partial charge in [-0.1, -0.05) is 18.1 Å². The number of unbranched alkanes of at least 4 members (excludes halogenated alkanes) is 2. The summed E-state index contributed by atoms with van der Waals surface area (Å²) in [5, 5.41) is 19.4. The molecular formula is C31H33NO9. The number of benzene rings is 1. The first-order valence-electron chi connectivity index (χ1n) is 13.8. The number of carboxylic acids is 1. The molecule has 41 heavy (non-hydrogen) atoms. The van der Waals surface area contributed by atoms with Gasteiger partial charge in [0.1, 0.15) is 0 Å². The maximum absolute atomic E-state index is 13.8. The van der Waals surface area contributed by atoms with E-state index in [0.717, 1.165) is 5.57 Å². The maximum Gasteiger partial charge on any atom is 0.303 e. The number of ketones is 2. The summed E-state index contributed by atoms with van der Waals surface area (Å²) in [6.45, 7) is 1.82. The number of imide groups is 1. The highest BCUT2D eigenvalue weighted by atomic mass is 16.5. The topological polar surface area (TPSA) is 148 Å². The fourth-order valence-corrected chi connectivity index (χ4v) is 6.83. The predicted molar refractivity (Wildman–Crippen MR) is 145 cm³/mol. The first-order valence-corrected chi connectivity index (χ1v) is 13.8. The molecule has 4 aliphatic rings. The van der Waals surface area contributed by atoms with E-state index in [0.29, 0.717) is 48.0 Å². The molecule has 216 valence electrons. The van der Waals surface area contributed by atoms with Gasteiger partial charge in [-0.3, -0.25) is 28.9 Å². The van der Waals surface area contributed by atoms with Gasteiger partial charge in [-0.05, 0) is 62.3 Å². The van der Waals surface area contributed by atoms with Crippen molar-refractivity contribution in [3.63, 3.8) is 0 Å². The Balaban J connectivity index is 1.54. The summed E-state index contributed by atoms with van der Waals surface area (Å²) >= 11 is 0. The van der Waals surface area contributed by atoms with Crippen molar-refractivity contribution in [1.82, 2.24) is 4.90 Å². The number of likely N-dealkylation sites (tertiary alicyclic amines) is 1. The summed E-state index contributed by atoms with van der Waals surface area (Å²) in [6, 6.07) is 3.22. The standard InChI is InChI=1S/C31H33NO9/c1-15-11-21(33)20-14-19-17(25(27(20)28(15)36)16-12-22(40-2)29(37)23(13-16)41-3)8-9-18-26(19)31(39)32(30(18)38)10-6-4-5-7-24(34)35/h8,11-13,18-19,25-26,37H,4-7,9-10,14H2,1-3H3,(H,34,35). The molecule has 1 aromatic carbocycles. The van der Waals surface area contributed by atoms with Gasteiger partial charge in [0.05, 0.1) is 26.1 Å². The number of rotatable bonds is 9. The highest BCUT2D eigenvalue weighted by Crippen LogP contribution is 2.56. The number of phenols is 1. The molecule has 4 atom stereocenters. The number of hydrogen-bond donors (Lipinski definition) is 2. The van der Waals surface area contributed by atoms with E-state index < -0.39 is 29.6 Å². The van der Waals surface area contributed by atoms with Crippen LogP contribution in [0, 0.1) is 17.8 Å². The van der Waals surface area contributed by atoms with Gasteiger partial charge in [-0.2, -0.15) is 0 Å². The molecule has 1 aliphatic heterocycles. The largest absolute Gasteiger partial charge is 0.502 e. The van der Waals surface area contributed by atoms with Crippen LogP contribution in [0.2, 0.25) is 0 Å². The highest BCUT2D eigenvalue weighted by Gasteiger charge is 2.56. The molecule has 1 heterocycles. The lowest BCUT2D eigenvalue weighted by Crippen LogP contribution is -2.40. The Morgan fingerprint density at radius 2 is 1.68 bits per heavy atom. The zero-order valence-corrected chi connectivity index (χ0v) is 23.3. The number of Topliss-reactive ketones (excluding diaryl/α,β-unsaturated/α-hetero) is 1. The fraction of sp³-hybridized carbons (Fsp3) is 0.452. The van der Waals surface area contributed by atoms with Crippen LogP contribution >= 0.6 is 0 Å². The first-order chi connectivity index (χ1) is 19.6. The number of allylic oxidation sites excluding steroid dienone is 6. The molecule has 1 aromatic rings. The highest BCUT2D eigenvalue weighted by molar-refractivity contribution is 6.23. The second-order valence-corrected chi connectivity index (χ2v) is 11.0. The van der Waals surface area contributed by atoms with Gasteiger partial charge in [-0.15, -0.1) is 0 Å². The average molecular weight is 564 g/mol. The van der Waals surface area contributed by atoms with E-state index in [2.05, 4.69) is 0 Å². The molecule has 1 saturated heterocycles. The maximum atomic E-state index is 13.8. The van der Waals surface area contributed by atoms with E-state index in [4.69, 9.17) is 14.6 Å². The van der Waals surface area contributed by atoms with Crippen molar-refractivity contribution in [2.24, 2.45) is 17.8 Å². The molecule has 0 saturated carbocycles. The number of phenolic OH excluding ortho intramolecular Hbond substituents is 1. The van der Waals surface area contributed by atoms with Gasteiger partial charge < -0.3 is 19.7 Å². The summed E-state index contributed by atoms with van der Waals surface area (Å²) < 4.78 is 10.8. The van der Waals surface area contributed by atoms with Crippen LogP contribution in [0.25, 0.3) is 0 Å². The number of aliphatic carboxylic acids is 1.